The highest BCUT2D eigenvalue weighted by molar-refractivity contribution is 5.84. The minimum atomic E-state index is -0.699. The lowest BCUT2D eigenvalue weighted by Crippen LogP contribution is -2.45. The Morgan fingerprint density at radius 3 is 1.55 bits per heavy atom. The molecular formula is C27H53NO3. The molecule has 0 aliphatic heterocycles. The highest BCUT2D eigenvalue weighted by Gasteiger charge is 2.29. The molecule has 0 aromatic heterocycles. The number of nitrogens with zero attached hydrogens (tertiary/aromatic N) is 1. The summed E-state index contributed by atoms with van der Waals surface area (Å²) < 4.78 is 5.71. The second-order valence-electron chi connectivity index (χ2n) is 9.40. The third-order valence-corrected chi connectivity index (χ3v) is 6.73. The van der Waals surface area contributed by atoms with E-state index in [9.17, 15) is 9.59 Å². The Kier molecular flexibility index (Phi) is 17.9. The average Bonchev–Trinajstić information content (AvgIpc) is 2.77. The van der Waals surface area contributed by atoms with Crippen molar-refractivity contribution in [2.45, 2.75) is 132 Å². The summed E-state index contributed by atoms with van der Waals surface area (Å²) in [5, 5.41) is 0. The van der Waals surface area contributed by atoms with E-state index in [-0.39, 0.29) is 17.8 Å². The van der Waals surface area contributed by atoms with Gasteiger partial charge in [-0.2, -0.15) is 0 Å². The van der Waals surface area contributed by atoms with Crippen LogP contribution in [0.4, 0.5) is 0 Å². The van der Waals surface area contributed by atoms with Gasteiger partial charge in [0.2, 0.25) is 0 Å². The number of amides is 1. The molecule has 0 radical (unpaired) electrons. The number of unbranched alkanes of at least 4 members (excludes halogenated alkanes) is 3. The van der Waals surface area contributed by atoms with E-state index in [2.05, 4.69) is 34.6 Å². The second-order valence-corrected chi connectivity index (χ2v) is 9.40. The van der Waals surface area contributed by atoms with Crippen LogP contribution in [0.2, 0.25) is 0 Å². The molecule has 0 fully saturated rings. The standard InChI is InChI=1S/C27H53NO3/c1-8-14-17-23(11-4)20-28(21-24(12-5)18-15-9-2)26(29)22(7)31-27(30)25(13-6)19-16-10-3/h22-25H,8-21H2,1-7H3/t22-,23+,24+,25+/m1/s1. The fraction of sp³-hybridized carbons (Fsp3) is 0.926. The van der Waals surface area contributed by atoms with Crippen LogP contribution in [0.3, 0.4) is 0 Å². The Labute approximate surface area is 193 Å². The monoisotopic (exact) mass is 439 g/mol. The third kappa shape index (κ3) is 12.5. The van der Waals surface area contributed by atoms with E-state index in [1.54, 1.807) is 6.92 Å². The molecule has 0 heterocycles. The molecule has 31 heavy (non-hydrogen) atoms. The summed E-state index contributed by atoms with van der Waals surface area (Å²) in [4.78, 5) is 28.1. The van der Waals surface area contributed by atoms with Crippen LogP contribution in [-0.4, -0.2) is 36.0 Å². The van der Waals surface area contributed by atoms with Gasteiger partial charge in [0.05, 0.1) is 5.92 Å². The van der Waals surface area contributed by atoms with Crippen molar-refractivity contribution in [1.82, 2.24) is 4.90 Å². The van der Waals surface area contributed by atoms with Crippen molar-refractivity contribution in [2.24, 2.45) is 17.8 Å². The van der Waals surface area contributed by atoms with Gasteiger partial charge in [-0.15, -0.1) is 0 Å². The van der Waals surface area contributed by atoms with Crippen molar-refractivity contribution in [3.8, 4) is 0 Å². The normalized spacial score (nSPS) is 15.2. The molecule has 4 heteroatoms. The molecule has 1 amide bonds. The predicted molar refractivity (Wildman–Crippen MR) is 132 cm³/mol. The molecule has 0 aliphatic carbocycles. The molecule has 0 aromatic carbocycles. The summed E-state index contributed by atoms with van der Waals surface area (Å²) in [6.07, 6.45) is 12.3. The molecular weight excluding hydrogens is 386 g/mol. The molecule has 0 bridgehead atoms. The van der Waals surface area contributed by atoms with E-state index in [1.807, 2.05) is 11.8 Å². The number of hydrogen-bond donors (Lipinski definition) is 0. The molecule has 0 aliphatic rings. The largest absolute Gasteiger partial charge is 0.452 e. The van der Waals surface area contributed by atoms with Crippen LogP contribution in [0.15, 0.2) is 0 Å². The summed E-state index contributed by atoms with van der Waals surface area (Å²) >= 11 is 0. The predicted octanol–water partition coefficient (Wildman–Crippen LogP) is 7.40. The molecule has 0 aromatic rings. The number of carbonyl (C=O) groups excluding carboxylic acids is 2. The molecule has 0 saturated heterocycles. The maximum atomic E-state index is 13.4. The van der Waals surface area contributed by atoms with E-state index in [4.69, 9.17) is 4.74 Å². The summed E-state index contributed by atoms with van der Waals surface area (Å²) in [6.45, 7) is 16.4. The van der Waals surface area contributed by atoms with Gasteiger partial charge in [0.25, 0.3) is 5.91 Å². The van der Waals surface area contributed by atoms with Crippen LogP contribution in [0.5, 0.6) is 0 Å². The highest BCUT2D eigenvalue weighted by Crippen LogP contribution is 2.21. The first kappa shape index (κ1) is 29.9. The van der Waals surface area contributed by atoms with Gasteiger partial charge >= 0.3 is 5.97 Å². The van der Waals surface area contributed by atoms with Gasteiger partial charge in [-0.05, 0) is 44.4 Å². The van der Waals surface area contributed by atoms with Gasteiger partial charge in [-0.1, -0.05) is 92.9 Å². The molecule has 184 valence electrons. The lowest BCUT2D eigenvalue weighted by atomic mass is 9.95. The number of esters is 1. The quantitative estimate of drug-likeness (QED) is 0.197. The SMILES string of the molecule is CCCC[C@H](CC)CN(C[C@@H](CC)CCCC)C(=O)[C@@H](C)OC(=O)[C@@H](CC)CCCC. The van der Waals surface area contributed by atoms with Gasteiger partial charge in [0, 0.05) is 13.1 Å². The Balaban J connectivity index is 5.26. The zero-order chi connectivity index (χ0) is 23.6. The van der Waals surface area contributed by atoms with E-state index in [1.165, 1.54) is 25.7 Å². The van der Waals surface area contributed by atoms with Crippen molar-refractivity contribution >= 4 is 11.9 Å². The summed E-state index contributed by atoms with van der Waals surface area (Å²) in [5.41, 5.74) is 0. The smallest absolute Gasteiger partial charge is 0.309 e. The number of rotatable bonds is 19. The van der Waals surface area contributed by atoms with Crippen LogP contribution < -0.4 is 0 Å². The maximum absolute atomic E-state index is 13.4. The molecule has 0 saturated carbocycles. The van der Waals surface area contributed by atoms with Crippen LogP contribution in [0.1, 0.15) is 126 Å². The fourth-order valence-electron chi connectivity index (χ4n) is 4.23. The van der Waals surface area contributed by atoms with Crippen molar-refractivity contribution < 1.29 is 14.3 Å². The first-order valence-electron chi connectivity index (χ1n) is 13.4. The van der Waals surface area contributed by atoms with E-state index in [0.717, 1.165) is 64.5 Å². The Morgan fingerprint density at radius 1 is 0.710 bits per heavy atom. The summed E-state index contributed by atoms with van der Waals surface area (Å²) in [7, 11) is 0. The molecule has 4 nitrogen and oxygen atoms in total. The van der Waals surface area contributed by atoms with Crippen molar-refractivity contribution in [2.75, 3.05) is 13.1 Å². The van der Waals surface area contributed by atoms with E-state index in [0.29, 0.717) is 11.8 Å². The summed E-state index contributed by atoms with van der Waals surface area (Å²) in [5.74, 6) is 0.729. The van der Waals surface area contributed by atoms with Crippen molar-refractivity contribution in [1.29, 1.82) is 0 Å². The van der Waals surface area contributed by atoms with Crippen molar-refractivity contribution in [3.63, 3.8) is 0 Å². The van der Waals surface area contributed by atoms with Gasteiger partial charge in [-0.25, -0.2) is 0 Å². The highest BCUT2D eigenvalue weighted by atomic mass is 16.5. The zero-order valence-electron chi connectivity index (χ0n) is 21.9. The van der Waals surface area contributed by atoms with Gasteiger partial charge in [0.15, 0.2) is 6.10 Å². The second kappa shape index (κ2) is 18.5. The number of ether oxygens (including phenoxy) is 1. The van der Waals surface area contributed by atoms with Crippen LogP contribution in [0, 0.1) is 17.8 Å². The molecule has 4 atom stereocenters. The number of carbonyl (C=O) groups is 2. The zero-order valence-corrected chi connectivity index (χ0v) is 21.9. The van der Waals surface area contributed by atoms with E-state index >= 15 is 0 Å². The lowest BCUT2D eigenvalue weighted by molar-refractivity contribution is -0.163. The molecule has 0 unspecified atom stereocenters. The van der Waals surface area contributed by atoms with Gasteiger partial charge in [0.1, 0.15) is 0 Å². The number of hydrogen-bond acceptors (Lipinski definition) is 3. The van der Waals surface area contributed by atoms with Crippen molar-refractivity contribution in [3.05, 3.63) is 0 Å². The lowest BCUT2D eigenvalue weighted by Gasteiger charge is -2.32. The van der Waals surface area contributed by atoms with Gasteiger partial charge in [-0.3, -0.25) is 9.59 Å². The third-order valence-electron chi connectivity index (χ3n) is 6.73. The summed E-state index contributed by atoms with van der Waals surface area (Å²) in [6, 6.07) is 0. The topological polar surface area (TPSA) is 46.6 Å². The Morgan fingerprint density at radius 2 is 1.16 bits per heavy atom. The van der Waals surface area contributed by atoms with Crippen LogP contribution in [-0.2, 0) is 14.3 Å². The average molecular weight is 440 g/mol. The first-order chi connectivity index (χ1) is 14.9. The Bertz CT molecular complexity index is 447. The fourth-order valence-corrected chi connectivity index (χ4v) is 4.23. The van der Waals surface area contributed by atoms with Crippen LogP contribution in [0.25, 0.3) is 0 Å². The minimum absolute atomic E-state index is 0.0106. The first-order valence-corrected chi connectivity index (χ1v) is 13.4. The van der Waals surface area contributed by atoms with Crippen LogP contribution >= 0.6 is 0 Å². The molecule has 0 rings (SSSR count). The molecule has 0 N–H and O–H groups in total. The Hall–Kier alpha value is -1.06. The minimum Gasteiger partial charge on any atom is -0.452 e. The maximum Gasteiger partial charge on any atom is 0.309 e. The van der Waals surface area contributed by atoms with Gasteiger partial charge < -0.3 is 9.64 Å². The molecule has 0 spiro atoms. The van der Waals surface area contributed by atoms with E-state index < -0.39 is 6.10 Å².